The second-order valence-corrected chi connectivity index (χ2v) is 6.96. The van der Waals surface area contributed by atoms with Crippen LogP contribution in [0.15, 0.2) is 36.4 Å². The van der Waals surface area contributed by atoms with Crippen molar-refractivity contribution in [1.29, 1.82) is 0 Å². The molecule has 2 rings (SSSR count). The van der Waals surface area contributed by atoms with Crippen molar-refractivity contribution in [2.75, 3.05) is 25.3 Å². The van der Waals surface area contributed by atoms with Gasteiger partial charge < -0.3 is 19.9 Å². The van der Waals surface area contributed by atoms with Gasteiger partial charge in [0.1, 0.15) is 11.5 Å². The van der Waals surface area contributed by atoms with E-state index in [0.29, 0.717) is 34.3 Å². The standard InChI is InChI=1S/C20H23NO5S/c1-13-17(25-2)10-15(11-18(13)26-3)20(24)21-16-6-4-5-14(9-16)12-27-8-7-19(22)23/h4-6,9-11H,7-8,12H2,1-3H3,(H,21,24)(H,22,23). The Balaban J connectivity index is 2.07. The molecule has 2 aromatic carbocycles. The molecule has 0 heterocycles. The number of hydrogen-bond acceptors (Lipinski definition) is 5. The van der Waals surface area contributed by atoms with Crippen LogP contribution in [0.1, 0.15) is 27.9 Å². The molecule has 0 unspecified atom stereocenters. The fraction of sp³-hybridized carbons (Fsp3) is 0.300. The first-order chi connectivity index (χ1) is 12.9. The number of nitrogens with one attached hydrogen (secondary N) is 1. The first kappa shape index (κ1) is 20.6. The zero-order valence-corrected chi connectivity index (χ0v) is 16.4. The van der Waals surface area contributed by atoms with Gasteiger partial charge in [0.05, 0.1) is 20.6 Å². The number of anilines is 1. The minimum Gasteiger partial charge on any atom is -0.496 e. The third kappa shape index (κ3) is 5.92. The highest BCUT2D eigenvalue weighted by atomic mass is 32.2. The van der Waals surface area contributed by atoms with Crippen LogP contribution in [0.25, 0.3) is 0 Å². The zero-order valence-electron chi connectivity index (χ0n) is 15.6. The van der Waals surface area contributed by atoms with Crippen LogP contribution in [-0.2, 0) is 10.5 Å². The van der Waals surface area contributed by atoms with Crippen molar-refractivity contribution < 1.29 is 24.2 Å². The molecule has 0 aliphatic rings. The number of hydrogen-bond donors (Lipinski definition) is 2. The van der Waals surface area contributed by atoms with Crippen LogP contribution in [0.5, 0.6) is 11.5 Å². The van der Waals surface area contributed by atoms with Gasteiger partial charge in [0, 0.05) is 28.3 Å². The van der Waals surface area contributed by atoms with Crippen molar-refractivity contribution in [2.24, 2.45) is 0 Å². The van der Waals surface area contributed by atoms with Gasteiger partial charge in [-0.2, -0.15) is 11.8 Å². The number of benzene rings is 2. The molecule has 0 atom stereocenters. The molecule has 144 valence electrons. The van der Waals surface area contributed by atoms with E-state index >= 15 is 0 Å². The van der Waals surface area contributed by atoms with E-state index in [4.69, 9.17) is 14.6 Å². The fourth-order valence-corrected chi connectivity index (χ4v) is 3.39. The molecule has 1 amide bonds. The minimum absolute atomic E-state index is 0.137. The second-order valence-electron chi connectivity index (χ2n) is 5.86. The van der Waals surface area contributed by atoms with Gasteiger partial charge in [0.25, 0.3) is 5.91 Å². The van der Waals surface area contributed by atoms with E-state index in [1.165, 1.54) is 0 Å². The smallest absolute Gasteiger partial charge is 0.304 e. The quantitative estimate of drug-likeness (QED) is 0.631. The third-order valence-electron chi connectivity index (χ3n) is 3.93. The highest BCUT2D eigenvalue weighted by Crippen LogP contribution is 2.30. The van der Waals surface area contributed by atoms with E-state index in [0.717, 1.165) is 11.1 Å². The lowest BCUT2D eigenvalue weighted by molar-refractivity contribution is -0.136. The molecule has 0 saturated heterocycles. The number of carboxylic acids is 1. The van der Waals surface area contributed by atoms with Crippen LogP contribution >= 0.6 is 11.8 Å². The summed E-state index contributed by atoms with van der Waals surface area (Å²) in [4.78, 5) is 23.2. The summed E-state index contributed by atoms with van der Waals surface area (Å²) >= 11 is 1.54. The van der Waals surface area contributed by atoms with Crippen molar-refractivity contribution in [2.45, 2.75) is 19.1 Å². The van der Waals surface area contributed by atoms with Crippen LogP contribution in [0.4, 0.5) is 5.69 Å². The van der Waals surface area contributed by atoms with E-state index in [-0.39, 0.29) is 12.3 Å². The lowest BCUT2D eigenvalue weighted by Crippen LogP contribution is -2.12. The number of thioether (sulfide) groups is 1. The number of carboxylic acid groups (broad SMARTS) is 1. The van der Waals surface area contributed by atoms with E-state index < -0.39 is 5.97 Å². The van der Waals surface area contributed by atoms with Gasteiger partial charge in [-0.25, -0.2) is 0 Å². The summed E-state index contributed by atoms with van der Waals surface area (Å²) in [5, 5.41) is 11.6. The Hall–Kier alpha value is -2.67. The summed E-state index contributed by atoms with van der Waals surface area (Å²) in [6, 6.07) is 10.9. The molecule has 0 aliphatic carbocycles. The van der Waals surface area contributed by atoms with Gasteiger partial charge in [0.15, 0.2) is 0 Å². The predicted octanol–water partition coefficient (Wildman–Crippen LogP) is 3.97. The zero-order chi connectivity index (χ0) is 19.8. The summed E-state index contributed by atoms with van der Waals surface area (Å²) < 4.78 is 10.6. The average molecular weight is 389 g/mol. The Morgan fingerprint density at radius 3 is 2.37 bits per heavy atom. The molecule has 0 radical (unpaired) electrons. The highest BCUT2D eigenvalue weighted by molar-refractivity contribution is 7.98. The van der Waals surface area contributed by atoms with Gasteiger partial charge in [0.2, 0.25) is 0 Å². The van der Waals surface area contributed by atoms with Gasteiger partial charge in [-0.05, 0) is 36.8 Å². The number of rotatable bonds is 9. The van der Waals surface area contributed by atoms with Crippen molar-refractivity contribution in [1.82, 2.24) is 0 Å². The Kier molecular flexibility index (Phi) is 7.55. The summed E-state index contributed by atoms with van der Waals surface area (Å²) in [6.45, 7) is 1.87. The summed E-state index contributed by atoms with van der Waals surface area (Å²) in [6.07, 6.45) is 0.137. The first-order valence-electron chi connectivity index (χ1n) is 8.37. The first-order valence-corrected chi connectivity index (χ1v) is 9.52. The number of aliphatic carboxylic acids is 1. The molecule has 0 spiro atoms. The predicted molar refractivity (Wildman–Crippen MR) is 107 cm³/mol. The lowest BCUT2D eigenvalue weighted by atomic mass is 10.1. The Labute approximate surface area is 162 Å². The van der Waals surface area contributed by atoms with E-state index in [9.17, 15) is 9.59 Å². The summed E-state index contributed by atoms with van der Waals surface area (Å²) in [5.74, 6) is 1.35. The van der Waals surface area contributed by atoms with Crippen molar-refractivity contribution in [3.8, 4) is 11.5 Å². The van der Waals surface area contributed by atoms with Gasteiger partial charge in [-0.3, -0.25) is 9.59 Å². The fourth-order valence-electron chi connectivity index (χ4n) is 2.51. The van der Waals surface area contributed by atoms with Crippen LogP contribution < -0.4 is 14.8 Å². The Morgan fingerprint density at radius 1 is 1.11 bits per heavy atom. The molecule has 2 N–H and O–H groups in total. The van der Waals surface area contributed by atoms with Gasteiger partial charge >= 0.3 is 5.97 Å². The molecule has 7 heteroatoms. The molecule has 27 heavy (non-hydrogen) atoms. The topological polar surface area (TPSA) is 84.9 Å². The number of methoxy groups -OCH3 is 2. The summed E-state index contributed by atoms with van der Waals surface area (Å²) in [7, 11) is 3.10. The van der Waals surface area contributed by atoms with Crippen LogP contribution in [0, 0.1) is 6.92 Å². The van der Waals surface area contributed by atoms with Crippen molar-refractivity contribution >= 4 is 29.3 Å². The molecular formula is C20H23NO5S. The van der Waals surface area contributed by atoms with Crippen molar-refractivity contribution in [3.05, 3.63) is 53.1 Å². The van der Waals surface area contributed by atoms with E-state index in [1.54, 1.807) is 38.1 Å². The Bertz CT molecular complexity index is 797. The normalized spacial score (nSPS) is 10.3. The molecular weight excluding hydrogens is 366 g/mol. The van der Waals surface area contributed by atoms with Gasteiger partial charge in [-0.15, -0.1) is 0 Å². The largest absolute Gasteiger partial charge is 0.496 e. The van der Waals surface area contributed by atoms with Crippen LogP contribution in [0.2, 0.25) is 0 Å². The van der Waals surface area contributed by atoms with E-state index in [2.05, 4.69) is 5.32 Å². The minimum atomic E-state index is -0.799. The summed E-state index contributed by atoms with van der Waals surface area (Å²) in [5.41, 5.74) is 2.96. The number of carbonyl (C=O) groups is 2. The highest BCUT2D eigenvalue weighted by Gasteiger charge is 2.14. The van der Waals surface area contributed by atoms with Crippen LogP contribution in [-0.4, -0.2) is 37.0 Å². The Morgan fingerprint density at radius 2 is 1.78 bits per heavy atom. The third-order valence-corrected chi connectivity index (χ3v) is 4.96. The maximum absolute atomic E-state index is 12.6. The molecule has 6 nitrogen and oxygen atoms in total. The molecule has 2 aromatic rings. The van der Waals surface area contributed by atoms with Crippen LogP contribution in [0.3, 0.4) is 0 Å². The molecule has 0 fully saturated rings. The second kappa shape index (κ2) is 9.87. The molecule has 0 saturated carbocycles. The van der Waals surface area contributed by atoms with Gasteiger partial charge in [-0.1, -0.05) is 12.1 Å². The molecule has 0 aromatic heterocycles. The average Bonchev–Trinajstić information content (AvgIpc) is 2.65. The number of ether oxygens (including phenoxy) is 2. The lowest BCUT2D eigenvalue weighted by Gasteiger charge is -2.13. The number of amides is 1. The van der Waals surface area contributed by atoms with E-state index in [1.807, 2.05) is 31.2 Å². The molecule has 0 aliphatic heterocycles. The molecule has 0 bridgehead atoms. The maximum atomic E-state index is 12.6. The maximum Gasteiger partial charge on any atom is 0.304 e. The monoisotopic (exact) mass is 389 g/mol. The SMILES string of the molecule is COc1cc(C(=O)Nc2cccc(CSCCC(=O)O)c2)cc(OC)c1C. The number of carbonyl (C=O) groups excluding carboxylic acids is 1. The van der Waals surface area contributed by atoms with Crippen molar-refractivity contribution in [3.63, 3.8) is 0 Å².